The van der Waals surface area contributed by atoms with E-state index in [4.69, 9.17) is 0 Å². The molecule has 0 spiro atoms. The van der Waals surface area contributed by atoms with Crippen LogP contribution in [0.2, 0.25) is 0 Å². The minimum Gasteiger partial charge on any atom is -0.477 e. The number of carboxylic acids is 1. The third kappa shape index (κ3) is 6.68. The van der Waals surface area contributed by atoms with Crippen LogP contribution in [-0.4, -0.2) is 74.7 Å². The second-order valence-electron chi connectivity index (χ2n) is 12.2. The molecule has 1 aliphatic carbocycles. The van der Waals surface area contributed by atoms with E-state index in [2.05, 4.69) is 46.1 Å². The Morgan fingerprint density at radius 1 is 0.816 bits per heavy atom. The smallest absolute Gasteiger partial charge is 0.354 e. The summed E-state index contributed by atoms with van der Waals surface area (Å²) in [5.41, 5.74) is 1.56. The van der Waals surface area contributed by atoms with Gasteiger partial charge in [-0.25, -0.2) is 34.3 Å². The summed E-state index contributed by atoms with van der Waals surface area (Å²) in [7, 11) is 0. The Morgan fingerprint density at radius 3 is 2.27 bits per heavy atom. The molecular formula is C34H34N10O5. The van der Waals surface area contributed by atoms with Crippen LogP contribution >= 0.6 is 0 Å². The first-order valence-corrected chi connectivity index (χ1v) is 16.1. The standard InChI is InChI=1S/C34H34N10O5/c45-31(24-11-12-26-30(39-24)44(21-14-18-43(26)19-21)34(49)41-28-6-2-4-16-36-28)37-17-13-20-7-8-22(20)23-9-10-25(32(46)47)38-29(23)42-33(48)40-27-5-1-3-15-35-27/h1-6,9-12,15-16,20-22H,7-8,13-14,17-19H2,(H,37,45)(H,46,47)(H,36,41,49)(H2,35,38,40,42,48). The van der Waals surface area contributed by atoms with Crippen molar-refractivity contribution in [3.8, 4) is 0 Å². The highest BCUT2D eigenvalue weighted by atomic mass is 16.4. The summed E-state index contributed by atoms with van der Waals surface area (Å²) in [6.45, 7) is 1.86. The third-order valence-electron chi connectivity index (χ3n) is 9.20. The molecule has 4 aromatic rings. The lowest BCUT2D eigenvalue weighted by Crippen LogP contribution is -2.48. The highest BCUT2D eigenvalue weighted by Gasteiger charge is 2.41. The maximum atomic E-state index is 13.4. The molecule has 2 aliphatic heterocycles. The lowest BCUT2D eigenvalue weighted by Gasteiger charge is -2.38. The number of carbonyl (C=O) groups is 4. The summed E-state index contributed by atoms with van der Waals surface area (Å²) in [4.78, 5) is 72.1. The summed E-state index contributed by atoms with van der Waals surface area (Å²) < 4.78 is 0. The molecule has 2 fully saturated rings. The molecule has 1 saturated heterocycles. The fraction of sp³-hybridized carbons (Fsp3) is 0.294. The first-order chi connectivity index (χ1) is 23.8. The topological polar surface area (TPSA) is 195 Å². The van der Waals surface area contributed by atoms with E-state index in [0.717, 1.165) is 37.1 Å². The van der Waals surface area contributed by atoms with Crippen LogP contribution in [0.15, 0.2) is 73.1 Å². The van der Waals surface area contributed by atoms with Crippen LogP contribution in [0.3, 0.4) is 0 Å². The number of hydrogen-bond donors (Lipinski definition) is 5. The number of carboxylic acid groups (broad SMARTS) is 1. The molecule has 3 atom stereocenters. The number of nitrogens with one attached hydrogen (secondary N) is 4. The highest BCUT2D eigenvalue weighted by Crippen LogP contribution is 2.46. The second-order valence-corrected chi connectivity index (χ2v) is 12.2. The van der Waals surface area contributed by atoms with Crippen LogP contribution in [0.1, 0.15) is 58.1 Å². The molecule has 5 amide bonds. The average molecular weight is 663 g/mol. The Kier molecular flexibility index (Phi) is 8.70. The summed E-state index contributed by atoms with van der Waals surface area (Å²) in [6.07, 6.45) is 6.31. The van der Waals surface area contributed by atoms with Gasteiger partial charge in [-0.05, 0) is 85.5 Å². The van der Waals surface area contributed by atoms with Gasteiger partial charge in [-0.15, -0.1) is 0 Å². The molecule has 1 saturated carbocycles. The van der Waals surface area contributed by atoms with Crippen molar-refractivity contribution in [3.05, 3.63) is 90.0 Å². The van der Waals surface area contributed by atoms with Gasteiger partial charge in [0.1, 0.15) is 23.1 Å². The number of fused-ring (bicyclic) bond motifs is 4. The normalized spacial score (nSPS) is 18.9. The van der Waals surface area contributed by atoms with Crippen LogP contribution in [-0.2, 0) is 0 Å². The zero-order chi connectivity index (χ0) is 33.9. The Hall–Kier alpha value is -6.12. The Labute approximate surface area is 281 Å². The number of aromatic carboxylic acids is 1. The van der Waals surface area contributed by atoms with Crippen molar-refractivity contribution in [2.75, 3.05) is 45.4 Å². The van der Waals surface area contributed by atoms with Crippen molar-refractivity contribution in [3.63, 3.8) is 0 Å². The van der Waals surface area contributed by atoms with Crippen molar-refractivity contribution < 1.29 is 24.3 Å². The van der Waals surface area contributed by atoms with E-state index in [1.165, 1.54) is 6.07 Å². The summed E-state index contributed by atoms with van der Waals surface area (Å²) in [5.74, 6) is 0.0135. The number of urea groups is 2. The molecule has 15 nitrogen and oxygen atoms in total. The van der Waals surface area contributed by atoms with Crippen LogP contribution in [0.25, 0.3) is 0 Å². The van der Waals surface area contributed by atoms with Gasteiger partial charge in [0.15, 0.2) is 11.5 Å². The van der Waals surface area contributed by atoms with E-state index in [0.29, 0.717) is 37.0 Å². The zero-order valence-corrected chi connectivity index (χ0v) is 26.4. The number of aromatic nitrogens is 4. The second kappa shape index (κ2) is 13.5. The van der Waals surface area contributed by atoms with Crippen molar-refractivity contribution in [1.82, 2.24) is 25.3 Å². The quantitative estimate of drug-likeness (QED) is 0.170. The molecule has 3 aliphatic rings. The predicted molar refractivity (Wildman–Crippen MR) is 181 cm³/mol. The minimum atomic E-state index is -1.20. The number of hydrogen-bond acceptors (Lipinski definition) is 9. The lowest BCUT2D eigenvalue weighted by atomic mass is 9.68. The van der Waals surface area contributed by atoms with Gasteiger partial charge >= 0.3 is 18.0 Å². The van der Waals surface area contributed by atoms with Gasteiger partial charge in [-0.1, -0.05) is 18.2 Å². The van der Waals surface area contributed by atoms with Crippen molar-refractivity contribution in [2.45, 2.75) is 37.6 Å². The molecule has 3 unspecified atom stereocenters. The van der Waals surface area contributed by atoms with Crippen LogP contribution in [0.4, 0.5) is 38.5 Å². The zero-order valence-electron chi connectivity index (χ0n) is 26.4. The average Bonchev–Trinajstić information content (AvgIpc) is 3.51. The maximum absolute atomic E-state index is 13.4. The Bertz CT molecular complexity index is 1890. The summed E-state index contributed by atoms with van der Waals surface area (Å²) in [5, 5.41) is 20.7. The molecular weight excluding hydrogens is 628 g/mol. The third-order valence-corrected chi connectivity index (χ3v) is 9.20. The van der Waals surface area contributed by atoms with Gasteiger partial charge in [0, 0.05) is 32.0 Å². The molecule has 15 heteroatoms. The molecule has 2 bridgehead atoms. The molecule has 0 radical (unpaired) electrons. The van der Waals surface area contributed by atoms with Crippen molar-refractivity contribution in [1.29, 1.82) is 0 Å². The van der Waals surface area contributed by atoms with E-state index < -0.39 is 12.0 Å². The van der Waals surface area contributed by atoms with Crippen LogP contribution < -0.4 is 31.1 Å². The highest BCUT2D eigenvalue weighted by molar-refractivity contribution is 6.05. The first-order valence-electron chi connectivity index (χ1n) is 16.1. The van der Waals surface area contributed by atoms with E-state index in [9.17, 15) is 24.3 Å². The molecule has 49 heavy (non-hydrogen) atoms. The largest absolute Gasteiger partial charge is 0.477 e. The van der Waals surface area contributed by atoms with Crippen LogP contribution in [0.5, 0.6) is 0 Å². The number of nitrogens with zero attached hydrogens (tertiary/aromatic N) is 6. The number of anilines is 5. The summed E-state index contributed by atoms with van der Waals surface area (Å²) >= 11 is 0. The fourth-order valence-electron chi connectivity index (χ4n) is 6.67. The van der Waals surface area contributed by atoms with E-state index >= 15 is 0 Å². The molecule has 5 N–H and O–H groups in total. The van der Waals surface area contributed by atoms with Crippen molar-refractivity contribution >= 4 is 52.9 Å². The SMILES string of the molecule is O=C(Nc1ccccn1)Nc1nc(C(=O)O)ccc1C1CCC1CCNC(=O)c1ccc2c(n1)N(C(=O)Nc1ccccn1)C1CCN2C1. The Balaban J connectivity index is 1.00. The van der Waals surface area contributed by atoms with Gasteiger partial charge in [0.05, 0.1) is 11.7 Å². The Morgan fingerprint density at radius 2 is 1.57 bits per heavy atom. The van der Waals surface area contributed by atoms with Gasteiger partial charge in [-0.2, -0.15) is 0 Å². The van der Waals surface area contributed by atoms with E-state index in [1.807, 2.05) is 6.07 Å². The number of rotatable bonds is 9. The minimum absolute atomic E-state index is 0.00923. The monoisotopic (exact) mass is 662 g/mol. The van der Waals surface area contributed by atoms with E-state index in [-0.39, 0.29) is 47.0 Å². The van der Waals surface area contributed by atoms with Gasteiger partial charge in [0.25, 0.3) is 5.91 Å². The van der Waals surface area contributed by atoms with Crippen molar-refractivity contribution in [2.24, 2.45) is 5.92 Å². The molecule has 0 aromatic carbocycles. The molecule has 4 aromatic heterocycles. The number of carbonyl (C=O) groups excluding carboxylic acids is 3. The molecule has 6 heterocycles. The van der Waals surface area contributed by atoms with Gasteiger partial charge in [0.2, 0.25) is 0 Å². The molecule has 250 valence electrons. The fourth-order valence-corrected chi connectivity index (χ4v) is 6.67. The number of amides is 5. The lowest BCUT2D eigenvalue weighted by molar-refractivity contribution is 0.0690. The maximum Gasteiger partial charge on any atom is 0.354 e. The molecule has 7 rings (SSSR count). The van der Waals surface area contributed by atoms with E-state index in [1.54, 1.807) is 65.8 Å². The van der Waals surface area contributed by atoms with Gasteiger partial charge < -0.3 is 15.3 Å². The number of pyridine rings is 4. The predicted octanol–water partition coefficient (Wildman–Crippen LogP) is 4.55. The summed E-state index contributed by atoms with van der Waals surface area (Å²) in [6, 6.07) is 16.0. The first kappa shape index (κ1) is 31.5. The van der Waals surface area contributed by atoms with Crippen LogP contribution in [0, 0.1) is 5.92 Å². The van der Waals surface area contributed by atoms with Gasteiger partial charge in [-0.3, -0.25) is 25.6 Å².